The van der Waals surface area contributed by atoms with Gasteiger partial charge in [-0.1, -0.05) is 12.1 Å². The second-order valence-electron chi connectivity index (χ2n) is 7.52. The predicted molar refractivity (Wildman–Crippen MR) is 115 cm³/mol. The number of aromatic nitrogens is 1. The molecule has 2 aromatic rings. The number of amides is 1. The van der Waals surface area contributed by atoms with Crippen molar-refractivity contribution in [3.8, 4) is 0 Å². The molecule has 1 aliphatic heterocycles. The van der Waals surface area contributed by atoms with Gasteiger partial charge in [0.05, 0.1) is 10.6 Å². The molecule has 1 saturated heterocycles. The number of piperidine rings is 1. The predicted octanol–water partition coefficient (Wildman–Crippen LogP) is 2.39. The van der Waals surface area contributed by atoms with Gasteiger partial charge >= 0.3 is 0 Å². The average Bonchev–Trinajstić information content (AvgIpc) is 2.74. The summed E-state index contributed by atoms with van der Waals surface area (Å²) >= 11 is 0. The van der Waals surface area contributed by atoms with Gasteiger partial charge in [-0.3, -0.25) is 9.59 Å². The molecule has 1 amide bonds. The molecule has 0 aliphatic carbocycles. The molecule has 0 radical (unpaired) electrons. The van der Waals surface area contributed by atoms with Gasteiger partial charge in [-0.15, -0.1) is 0 Å². The first kappa shape index (κ1) is 21.9. The van der Waals surface area contributed by atoms with Gasteiger partial charge in [0.1, 0.15) is 0 Å². The lowest BCUT2D eigenvalue weighted by molar-refractivity contribution is -0.120. The third-order valence-corrected chi connectivity index (χ3v) is 7.07. The molecule has 1 aromatic carbocycles. The first-order valence-electron chi connectivity index (χ1n) is 9.74. The summed E-state index contributed by atoms with van der Waals surface area (Å²) in [6, 6.07) is 9.61. The van der Waals surface area contributed by atoms with E-state index in [4.69, 9.17) is 0 Å². The van der Waals surface area contributed by atoms with Gasteiger partial charge < -0.3 is 10.2 Å². The average molecular weight is 431 g/mol. The zero-order chi connectivity index (χ0) is 21.9. The molecule has 160 valence electrons. The molecule has 3 rings (SSSR count). The van der Waals surface area contributed by atoms with Gasteiger partial charge in [-0.25, -0.2) is 13.4 Å². The number of pyridine rings is 1. The third kappa shape index (κ3) is 4.68. The number of ketones is 1. The fourth-order valence-electron chi connectivity index (χ4n) is 3.47. The van der Waals surface area contributed by atoms with E-state index in [0.717, 1.165) is 0 Å². The van der Waals surface area contributed by atoms with E-state index in [0.29, 0.717) is 29.9 Å². The number of sulfonamides is 1. The van der Waals surface area contributed by atoms with E-state index >= 15 is 0 Å². The Balaban J connectivity index is 1.66. The van der Waals surface area contributed by atoms with Crippen LogP contribution in [-0.2, 0) is 14.8 Å². The molecule has 8 nitrogen and oxygen atoms in total. The van der Waals surface area contributed by atoms with Crippen molar-refractivity contribution in [3.63, 3.8) is 0 Å². The first-order valence-corrected chi connectivity index (χ1v) is 11.2. The van der Waals surface area contributed by atoms with Crippen LogP contribution < -0.4 is 10.2 Å². The fraction of sp³-hybridized carbons (Fsp3) is 0.381. The Labute approximate surface area is 177 Å². The minimum Gasteiger partial charge on any atom is -0.361 e. The maximum Gasteiger partial charge on any atom is 0.243 e. The maximum absolute atomic E-state index is 12.9. The number of nitrogens with one attached hydrogen (secondary N) is 1. The van der Waals surface area contributed by atoms with Crippen LogP contribution in [0, 0.1) is 5.92 Å². The number of nitrogens with zero attached hydrogens (tertiary/aromatic N) is 3. The highest BCUT2D eigenvalue weighted by Gasteiger charge is 2.32. The molecular formula is C21H26N4O4S. The Kier molecular flexibility index (Phi) is 6.52. The van der Waals surface area contributed by atoms with Crippen LogP contribution in [0.5, 0.6) is 0 Å². The highest BCUT2D eigenvalue weighted by Crippen LogP contribution is 2.27. The maximum atomic E-state index is 12.9. The van der Waals surface area contributed by atoms with Crippen LogP contribution in [0.3, 0.4) is 0 Å². The molecule has 9 heteroatoms. The molecule has 1 N–H and O–H groups in total. The summed E-state index contributed by atoms with van der Waals surface area (Å²) in [6.07, 6.45) is 2.51. The van der Waals surface area contributed by atoms with Crippen LogP contribution in [0.2, 0.25) is 0 Å². The number of benzene rings is 1. The van der Waals surface area contributed by atoms with Gasteiger partial charge in [-0.2, -0.15) is 4.31 Å². The van der Waals surface area contributed by atoms with Crippen molar-refractivity contribution in [2.75, 3.05) is 37.4 Å². The van der Waals surface area contributed by atoms with Crippen molar-refractivity contribution in [1.29, 1.82) is 0 Å². The van der Waals surface area contributed by atoms with Gasteiger partial charge in [0.25, 0.3) is 0 Å². The summed E-state index contributed by atoms with van der Waals surface area (Å²) in [5.41, 5.74) is 0.988. The monoisotopic (exact) mass is 430 g/mol. The van der Waals surface area contributed by atoms with Crippen molar-refractivity contribution in [3.05, 3.63) is 48.2 Å². The zero-order valence-corrected chi connectivity index (χ0v) is 18.1. The number of hydrogen-bond donors (Lipinski definition) is 1. The molecule has 1 aromatic heterocycles. The molecule has 1 aliphatic rings. The lowest BCUT2D eigenvalue weighted by atomic mass is 9.97. The molecule has 0 bridgehead atoms. The second-order valence-corrected chi connectivity index (χ2v) is 9.46. The summed E-state index contributed by atoms with van der Waals surface area (Å²) in [5.74, 6) is 0.0584. The van der Waals surface area contributed by atoms with E-state index in [1.165, 1.54) is 23.4 Å². The number of hydrogen-bond acceptors (Lipinski definition) is 6. The largest absolute Gasteiger partial charge is 0.361 e. The van der Waals surface area contributed by atoms with Gasteiger partial charge in [-0.05, 0) is 44.0 Å². The fourth-order valence-corrected chi connectivity index (χ4v) is 4.98. The molecule has 0 unspecified atom stereocenters. The van der Waals surface area contributed by atoms with E-state index in [2.05, 4.69) is 10.3 Å². The summed E-state index contributed by atoms with van der Waals surface area (Å²) < 4.78 is 27.3. The molecule has 0 saturated carbocycles. The van der Waals surface area contributed by atoms with E-state index in [9.17, 15) is 18.0 Å². The molecule has 0 spiro atoms. The van der Waals surface area contributed by atoms with Crippen LogP contribution in [0.1, 0.15) is 30.1 Å². The molecule has 30 heavy (non-hydrogen) atoms. The Bertz CT molecular complexity index is 1040. The summed E-state index contributed by atoms with van der Waals surface area (Å²) in [6.45, 7) is 1.90. The van der Waals surface area contributed by atoms with Crippen molar-refractivity contribution >= 4 is 33.2 Å². The van der Waals surface area contributed by atoms with Gasteiger partial charge in [0, 0.05) is 44.9 Å². The van der Waals surface area contributed by atoms with Gasteiger partial charge in [0.2, 0.25) is 15.9 Å². The third-order valence-electron chi connectivity index (χ3n) is 5.17. The quantitative estimate of drug-likeness (QED) is 0.707. The Morgan fingerprint density at radius 3 is 2.47 bits per heavy atom. The van der Waals surface area contributed by atoms with Crippen LogP contribution in [-0.4, -0.2) is 56.6 Å². The summed E-state index contributed by atoms with van der Waals surface area (Å²) in [5, 5.41) is 2.92. The lowest BCUT2D eigenvalue weighted by Crippen LogP contribution is -2.41. The first-order chi connectivity index (χ1) is 14.2. The molecule has 0 atom stereocenters. The Morgan fingerprint density at radius 2 is 1.83 bits per heavy atom. The van der Waals surface area contributed by atoms with Crippen molar-refractivity contribution in [2.24, 2.45) is 5.92 Å². The molecule has 2 heterocycles. The molecule has 1 fully saturated rings. The summed E-state index contributed by atoms with van der Waals surface area (Å²) in [7, 11) is -0.0120. The van der Waals surface area contributed by atoms with E-state index in [1.54, 1.807) is 30.5 Å². The highest BCUT2D eigenvalue weighted by atomic mass is 32.2. The van der Waals surface area contributed by atoms with Crippen LogP contribution >= 0.6 is 0 Å². The van der Waals surface area contributed by atoms with Crippen LogP contribution in [0.15, 0.2) is 47.5 Å². The topological polar surface area (TPSA) is 99.7 Å². The number of carbonyl (C=O) groups is 2. The zero-order valence-electron chi connectivity index (χ0n) is 17.3. The Hall–Kier alpha value is -2.78. The van der Waals surface area contributed by atoms with E-state index in [-0.39, 0.29) is 35.6 Å². The number of rotatable bonds is 6. The highest BCUT2D eigenvalue weighted by molar-refractivity contribution is 7.89. The number of carbonyl (C=O) groups excluding carboxylic acids is 2. The van der Waals surface area contributed by atoms with E-state index in [1.807, 2.05) is 19.0 Å². The lowest BCUT2D eigenvalue weighted by Gasteiger charge is -2.30. The van der Waals surface area contributed by atoms with Crippen molar-refractivity contribution in [2.45, 2.75) is 24.7 Å². The Morgan fingerprint density at radius 1 is 1.13 bits per heavy atom. The number of Topliss-reactive ketones (excluding diaryl/α,β-unsaturated/α-hetero) is 1. The van der Waals surface area contributed by atoms with Gasteiger partial charge in [0.15, 0.2) is 11.6 Å². The summed E-state index contributed by atoms with van der Waals surface area (Å²) in [4.78, 5) is 30.5. The second kappa shape index (κ2) is 8.93. The van der Waals surface area contributed by atoms with Crippen LogP contribution in [0.25, 0.3) is 0 Å². The van der Waals surface area contributed by atoms with Crippen molar-refractivity contribution in [1.82, 2.24) is 9.29 Å². The minimum atomic E-state index is -3.71. The number of anilines is 2. The molecular weight excluding hydrogens is 404 g/mol. The smallest absolute Gasteiger partial charge is 0.243 e. The SMILES string of the molecule is CC(=O)c1cccc(S(=O)(=O)N2CCC(C(=O)Nc3cccnc3N(C)C)CC2)c1. The van der Waals surface area contributed by atoms with Crippen molar-refractivity contribution < 1.29 is 18.0 Å². The van der Waals surface area contributed by atoms with E-state index < -0.39 is 10.0 Å². The van der Waals surface area contributed by atoms with Crippen LogP contribution in [0.4, 0.5) is 11.5 Å². The minimum absolute atomic E-state index is 0.101. The normalized spacial score (nSPS) is 15.6. The standard InChI is InChI=1S/C21H26N4O4S/c1-15(26)17-6-4-7-18(14-17)30(28,29)25-12-9-16(10-13-25)21(27)23-19-8-5-11-22-20(19)24(2)3/h4-8,11,14,16H,9-10,12-13H2,1-3H3,(H,23,27).